The van der Waals surface area contributed by atoms with Gasteiger partial charge in [-0.2, -0.15) is 0 Å². The van der Waals surface area contributed by atoms with Gasteiger partial charge in [-0.25, -0.2) is 9.59 Å². The first-order valence-electron chi connectivity index (χ1n) is 15.4. The predicted octanol–water partition coefficient (Wildman–Crippen LogP) is 5.34. The number of ether oxygens (including phenoxy) is 3. The van der Waals surface area contributed by atoms with Crippen molar-refractivity contribution in [1.82, 2.24) is 4.98 Å². The van der Waals surface area contributed by atoms with Crippen LogP contribution >= 0.6 is 0 Å². The van der Waals surface area contributed by atoms with E-state index in [1.807, 2.05) is 6.92 Å². The van der Waals surface area contributed by atoms with E-state index in [4.69, 9.17) is 24.4 Å². The third-order valence-corrected chi connectivity index (χ3v) is 11.1. The van der Waals surface area contributed by atoms with Crippen molar-refractivity contribution in [3.63, 3.8) is 0 Å². The Balaban J connectivity index is 1.49. The fourth-order valence-electron chi connectivity index (χ4n) is 8.51. The highest BCUT2D eigenvalue weighted by atomic mass is 16.6. The van der Waals surface area contributed by atoms with Crippen LogP contribution in [0.2, 0.25) is 0 Å². The average Bonchev–Trinajstić information content (AvgIpc) is 2.99. The highest BCUT2D eigenvalue weighted by Crippen LogP contribution is 2.68. The number of nitrogens with two attached hydrogens (primary N) is 1. The summed E-state index contributed by atoms with van der Waals surface area (Å²) in [5.41, 5.74) is 4.28. The van der Waals surface area contributed by atoms with Crippen LogP contribution in [0.15, 0.2) is 64.1 Å². The minimum absolute atomic E-state index is 0.0379. The standard InChI is InChI=1S/C35H40N2O8/c1-19-12-13-33(3)26(34(19,4)18-42-20(2)38)16-27(44-31(40)21-8-10-23(36)11-9-21)35(5)30(33)29(39)28-25(45-35)15-24(43-32(28)41)22-7-6-14-37-17-22/h6-11,14-15,17,19,26-27,29-30,39H,12-13,16,18,36H2,1-5H3/t19-,26?,27-,29-,30?,33-,34?,35+/m0/s1. The maximum atomic E-state index is 13.6. The molecule has 238 valence electrons. The summed E-state index contributed by atoms with van der Waals surface area (Å²) in [6.45, 7) is 9.77. The molecule has 1 aromatic carbocycles. The second-order valence-electron chi connectivity index (χ2n) is 13.7. The molecule has 2 saturated carbocycles. The van der Waals surface area contributed by atoms with Gasteiger partial charge in [-0.05, 0) is 79.8 Å². The number of esters is 2. The largest absolute Gasteiger partial charge is 0.482 e. The number of anilines is 1. The van der Waals surface area contributed by atoms with Crippen LogP contribution in [0.25, 0.3) is 11.3 Å². The summed E-state index contributed by atoms with van der Waals surface area (Å²) in [4.78, 5) is 43.3. The molecule has 2 aromatic heterocycles. The summed E-state index contributed by atoms with van der Waals surface area (Å²) in [6.07, 6.45) is 3.00. The van der Waals surface area contributed by atoms with Gasteiger partial charge in [0, 0.05) is 48.0 Å². The van der Waals surface area contributed by atoms with Gasteiger partial charge in [0.25, 0.3) is 0 Å². The molecule has 0 amide bonds. The lowest BCUT2D eigenvalue weighted by atomic mass is 9.41. The van der Waals surface area contributed by atoms with Crippen LogP contribution in [0.1, 0.15) is 75.9 Å². The number of pyridine rings is 1. The number of hydrogen-bond donors (Lipinski definition) is 2. The molecule has 0 bridgehead atoms. The number of benzene rings is 1. The van der Waals surface area contributed by atoms with Crippen LogP contribution in [0, 0.1) is 28.6 Å². The van der Waals surface area contributed by atoms with Crippen molar-refractivity contribution >= 4 is 17.6 Å². The van der Waals surface area contributed by atoms with Crippen molar-refractivity contribution in [2.75, 3.05) is 12.3 Å². The maximum absolute atomic E-state index is 13.6. The molecule has 10 heteroatoms. The highest BCUT2D eigenvalue weighted by molar-refractivity contribution is 5.90. The van der Waals surface area contributed by atoms with Gasteiger partial charge >= 0.3 is 17.6 Å². The van der Waals surface area contributed by atoms with Gasteiger partial charge in [0.1, 0.15) is 28.8 Å². The van der Waals surface area contributed by atoms with Gasteiger partial charge in [-0.3, -0.25) is 9.78 Å². The third-order valence-electron chi connectivity index (χ3n) is 11.1. The fourth-order valence-corrected chi connectivity index (χ4v) is 8.51. The number of fused-ring (bicyclic) bond motifs is 4. The second-order valence-corrected chi connectivity index (χ2v) is 13.7. The molecule has 2 aliphatic carbocycles. The average molecular weight is 617 g/mol. The van der Waals surface area contributed by atoms with Crippen molar-refractivity contribution < 1.29 is 33.3 Å². The number of nitrogen functional groups attached to an aromatic ring is 1. The number of carbonyl (C=O) groups is 2. The summed E-state index contributed by atoms with van der Waals surface area (Å²) >= 11 is 0. The first-order chi connectivity index (χ1) is 21.3. The molecule has 3 heterocycles. The van der Waals surface area contributed by atoms with Crippen LogP contribution in [0.5, 0.6) is 5.75 Å². The van der Waals surface area contributed by atoms with E-state index < -0.39 is 46.2 Å². The summed E-state index contributed by atoms with van der Waals surface area (Å²) in [5, 5.41) is 12.2. The van der Waals surface area contributed by atoms with Crippen molar-refractivity contribution in [2.24, 2.45) is 28.6 Å². The van der Waals surface area contributed by atoms with Crippen molar-refractivity contribution in [3.8, 4) is 17.1 Å². The van der Waals surface area contributed by atoms with E-state index in [-0.39, 0.29) is 41.5 Å². The first kappa shape index (κ1) is 30.8. The summed E-state index contributed by atoms with van der Waals surface area (Å²) in [7, 11) is 0. The zero-order chi connectivity index (χ0) is 32.3. The van der Waals surface area contributed by atoms with Crippen molar-refractivity contribution in [1.29, 1.82) is 0 Å². The zero-order valence-corrected chi connectivity index (χ0v) is 26.2. The monoisotopic (exact) mass is 616 g/mol. The van der Waals surface area contributed by atoms with E-state index in [2.05, 4.69) is 25.8 Å². The fraction of sp³-hybridized carbons (Fsp3) is 0.486. The lowest BCUT2D eigenvalue weighted by molar-refractivity contribution is -0.257. The molecule has 45 heavy (non-hydrogen) atoms. The normalized spacial score (nSPS) is 33.5. The number of hydrogen-bond acceptors (Lipinski definition) is 10. The molecule has 0 saturated heterocycles. The Hall–Kier alpha value is -4.18. The van der Waals surface area contributed by atoms with Gasteiger partial charge in [-0.1, -0.05) is 20.8 Å². The molecule has 0 radical (unpaired) electrons. The maximum Gasteiger partial charge on any atom is 0.345 e. The van der Waals surface area contributed by atoms with Crippen molar-refractivity contribution in [3.05, 3.63) is 76.4 Å². The Labute approximate surface area is 261 Å². The summed E-state index contributed by atoms with van der Waals surface area (Å²) in [5.74, 6) is -1.18. The second kappa shape index (κ2) is 11.0. The van der Waals surface area contributed by atoms with E-state index in [0.29, 0.717) is 23.2 Å². The number of rotatable bonds is 5. The molecule has 3 aliphatic rings. The van der Waals surface area contributed by atoms with Crippen molar-refractivity contribution in [2.45, 2.75) is 71.7 Å². The quantitative estimate of drug-likeness (QED) is 0.284. The summed E-state index contributed by atoms with van der Waals surface area (Å²) in [6, 6.07) is 11.6. The minimum Gasteiger partial charge on any atom is -0.482 e. The number of nitrogens with zero attached hydrogens (tertiary/aromatic N) is 1. The van der Waals surface area contributed by atoms with E-state index in [1.54, 1.807) is 54.9 Å². The molecule has 8 atom stereocenters. The van der Waals surface area contributed by atoms with Crippen LogP contribution in [0.4, 0.5) is 5.69 Å². The van der Waals surface area contributed by atoms with E-state index >= 15 is 0 Å². The van der Waals surface area contributed by atoms with Crippen LogP contribution in [0.3, 0.4) is 0 Å². The molecule has 1 aliphatic heterocycles. The van der Waals surface area contributed by atoms with Gasteiger partial charge in [0.05, 0.1) is 18.3 Å². The smallest absolute Gasteiger partial charge is 0.345 e. The zero-order valence-electron chi connectivity index (χ0n) is 26.2. The minimum atomic E-state index is -1.28. The molecule has 3 unspecified atom stereocenters. The Morgan fingerprint density at radius 1 is 1.16 bits per heavy atom. The first-order valence-corrected chi connectivity index (χ1v) is 15.4. The number of aromatic nitrogens is 1. The van der Waals surface area contributed by atoms with Gasteiger partial charge in [0.15, 0.2) is 0 Å². The molecule has 0 spiro atoms. The highest BCUT2D eigenvalue weighted by Gasteiger charge is 2.70. The van der Waals surface area contributed by atoms with E-state index in [1.165, 1.54) is 6.92 Å². The SMILES string of the molecule is CC(=O)OCC1(C)C2C[C@H](OC(=O)c3ccc(N)cc3)[C@@]3(C)Oc4cc(-c5cccnc5)oc(=O)c4[C@H](O)C3[C@@]2(C)CC[C@@H]1C. The Kier molecular flexibility index (Phi) is 7.54. The Morgan fingerprint density at radius 2 is 1.89 bits per heavy atom. The van der Waals surface area contributed by atoms with Crippen LogP contribution in [-0.4, -0.2) is 40.3 Å². The molecule has 6 rings (SSSR count). The molecular weight excluding hydrogens is 576 g/mol. The number of carbonyl (C=O) groups excluding carboxylic acids is 2. The molecule has 3 N–H and O–H groups in total. The lowest BCUT2D eigenvalue weighted by Crippen LogP contribution is -2.70. The van der Waals surface area contributed by atoms with Crippen LogP contribution < -0.4 is 16.1 Å². The van der Waals surface area contributed by atoms with Crippen LogP contribution in [-0.2, 0) is 14.3 Å². The summed E-state index contributed by atoms with van der Waals surface area (Å²) < 4.78 is 24.4. The lowest BCUT2D eigenvalue weighted by Gasteiger charge is -2.66. The predicted molar refractivity (Wildman–Crippen MR) is 165 cm³/mol. The number of aliphatic hydroxyl groups excluding tert-OH is 1. The molecular formula is C35H40N2O8. The number of aliphatic hydroxyl groups is 1. The molecule has 3 aromatic rings. The van der Waals surface area contributed by atoms with Gasteiger partial charge in [0.2, 0.25) is 0 Å². The topological polar surface area (TPSA) is 151 Å². The van der Waals surface area contributed by atoms with E-state index in [0.717, 1.165) is 12.8 Å². The van der Waals surface area contributed by atoms with E-state index in [9.17, 15) is 19.5 Å². The Bertz CT molecular complexity index is 1670. The Morgan fingerprint density at radius 3 is 2.56 bits per heavy atom. The molecule has 2 fully saturated rings. The van der Waals surface area contributed by atoms with Gasteiger partial charge < -0.3 is 29.5 Å². The van der Waals surface area contributed by atoms with Gasteiger partial charge in [-0.15, -0.1) is 0 Å². The third kappa shape index (κ3) is 4.99. The molecule has 10 nitrogen and oxygen atoms in total.